The molecular formula is C17H27NO2. The molecule has 112 valence electrons. The summed E-state index contributed by atoms with van der Waals surface area (Å²) in [6.45, 7) is 3.03. The Morgan fingerprint density at radius 3 is 2.80 bits per heavy atom. The lowest BCUT2D eigenvalue weighted by molar-refractivity contribution is -0.0145. The largest absolute Gasteiger partial charge is 0.497 e. The molecule has 0 bridgehead atoms. The van der Waals surface area contributed by atoms with Crippen LogP contribution in [0.3, 0.4) is 0 Å². The molecule has 1 fully saturated rings. The number of methoxy groups -OCH3 is 1. The molecule has 1 aliphatic carbocycles. The Labute approximate surface area is 122 Å². The summed E-state index contributed by atoms with van der Waals surface area (Å²) in [7, 11) is 3.69. The Morgan fingerprint density at radius 2 is 2.10 bits per heavy atom. The van der Waals surface area contributed by atoms with Gasteiger partial charge in [-0.25, -0.2) is 0 Å². The predicted octanol–water partition coefficient (Wildman–Crippen LogP) is 3.55. The lowest BCUT2D eigenvalue weighted by Crippen LogP contribution is -2.30. The van der Waals surface area contributed by atoms with E-state index in [2.05, 4.69) is 24.4 Å². The van der Waals surface area contributed by atoms with E-state index < -0.39 is 0 Å². The molecule has 1 aliphatic rings. The molecule has 20 heavy (non-hydrogen) atoms. The van der Waals surface area contributed by atoms with Gasteiger partial charge in [0.25, 0.3) is 0 Å². The summed E-state index contributed by atoms with van der Waals surface area (Å²) in [5, 5.41) is 3.34. The van der Waals surface area contributed by atoms with E-state index in [1.54, 1.807) is 7.11 Å². The standard InChI is InChI=1S/C17H27NO2/c1-13-7-4-5-10-17(13)20-12-16(18-2)14-8-6-9-15(11-14)19-3/h6,8-9,11,13,16-18H,4-5,7,10,12H2,1-3H3. The summed E-state index contributed by atoms with van der Waals surface area (Å²) >= 11 is 0. The summed E-state index contributed by atoms with van der Waals surface area (Å²) in [4.78, 5) is 0. The summed E-state index contributed by atoms with van der Waals surface area (Å²) in [5.74, 6) is 1.58. The van der Waals surface area contributed by atoms with Gasteiger partial charge in [0, 0.05) is 0 Å². The van der Waals surface area contributed by atoms with Crippen molar-refractivity contribution in [2.24, 2.45) is 5.92 Å². The molecule has 3 nitrogen and oxygen atoms in total. The van der Waals surface area contributed by atoms with Gasteiger partial charge in [-0.15, -0.1) is 0 Å². The first-order valence-electron chi connectivity index (χ1n) is 7.67. The monoisotopic (exact) mass is 277 g/mol. The minimum atomic E-state index is 0.222. The Kier molecular flexibility index (Phi) is 5.86. The summed E-state index contributed by atoms with van der Waals surface area (Å²) in [6.07, 6.45) is 5.58. The van der Waals surface area contributed by atoms with Crippen molar-refractivity contribution in [1.29, 1.82) is 0 Å². The van der Waals surface area contributed by atoms with Crippen LogP contribution >= 0.6 is 0 Å². The molecule has 0 radical (unpaired) electrons. The minimum Gasteiger partial charge on any atom is -0.497 e. The van der Waals surface area contributed by atoms with Crippen molar-refractivity contribution in [1.82, 2.24) is 5.32 Å². The molecule has 1 aromatic carbocycles. The second-order valence-corrected chi connectivity index (χ2v) is 5.75. The molecule has 3 unspecified atom stereocenters. The molecule has 0 aliphatic heterocycles. The maximum atomic E-state index is 6.17. The molecule has 0 amide bonds. The van der Waals surface area contributed by atoms with Crippen molar-refractivity contribution in [2.75, 3.05) is 20.8 Å². The maximum Gasteiger partial charge on any atom is 0.119 e. The van der Waals surface area contributed by atoms with Gasteiger partial charge in [0.15, 0.2) is 0 Å². The number of nitrogens with one attached hydrogen (secondary N) is 1. The van der Waals surface area contributed by atoms with Gasteiger partial charge in [0.1, 0.15) is 5.75 Å². The zero-order valence-electron chi connectivity index (χ0n) is 12.9. The van der Waals surface area contributed by atoms with Gasteiger partial charge in [-0.2, -0.15) is 0 Å². The van der Waals surface area contributed by atoms with E-state index in [1.807, 2.05) is 19.2 Å². The second-order valence-electron chi connectivity index (χ2n) is 5.75. The van der Waals surface area contributed by atoms with E-state index in [9.17, 15) is 0 Å². The average molecular weight is 277 g/mol. The lowest BCUT2D eigenvalue weighted by Gasteiger charge is -2.30. The third-order valence-corrected chi connectivity index (χ3v) is 4.35. The van der Waals surface area contributed by atoms with Gasteiger partial charge in [-0.3, -0.25) is 0 Å². The van der Waals surface area contributed by atoms with Crippen LogP contribution in [-0.2, 0) is 4.74 Å². The van der Waals surface area contributed by atoms with E-state index in [0.29, 0.717) is 12.0 Å². The first kappa shape index (κ1) is 15.3. The third-order valence-electron chi connectivity index (χ3n) is 4.35. The Morgan fingerprint density at radius 1 is 1.30 bits per heavy atom. The van der Waals surface area contributed by atoms with Crippen LogP contribution in [0.25, 0.3) is 0 Å². The highest BCUT2D eigenvalue weighted by Crippen LogP contribution is 2.27. The molecule has 3 atom stereocenters. The van der Waals surface area contributed by atoms with Crippen molar-refractivity contribution in [3.63, 3.8) is 0 Å². The Balaban J connectivity index is 1.94. The van der Waals surface area contributed by atoms with Gasteiger partial charge in [0.05, 0.1) is 25.9 Å². The van der Waals surface area contributed by atoms with E-state index >= 15 is 0 Å². The molecule has 0 aromatic heterocycles. The normalized spacial score (nSPS) is 24.4. The van der Waals surface area contributed by atoms with Gasteiger partial charge in [-0.1, -0.05) is 31.9 Å². The fraction of sp³-hybridized carbons (Fsp3) is 0.647. The Bertz CT molecular complexity index is 408. The van der Waals surface area contributed by atoms with Gasteiger partial charge < -0.3 is 14.8 Å². The lowest BCUT2D eigenvalue weighted by atomic mass is 9.88. The molecule has 1 aromatic rings. The molecule has 0 spiro atoms. The van der Waals surface area contributed by atoms with E-state index in [0.717, 1.165) is 12.4 Å². The van der Waals surface area contributed by atoms with E-state index in [1.165, 1.54) is 31.2 Å². The molecule has 3 heteroatoms. The second kappa shape index (κ2) is 7.65. The van der Waals surface area contributed by atoms with Gasteiger partial charge >= 0.3 is 0 Å². The number of likely N-dealkylation sites (N-methyl/N-ethyl adjacent to an activating group) is 1. The topological polar surface area (TPSA) is 30.5 Å². The molecule has 2 rings (SSSR count). The number of benzene rings is 1. The van der Waals surface area contributed by atoms with E-state index in [-0.39, 0.29) is 6.04 Å². The SMILES string of the molecule is CNC(COC1CCCCC1C)c1cccc(OC)c1. The zero-order valence-corrected chi connectivity index (χ0v) is 12.9. The molecule has 0 heterocycles. The predicted molar refractivity (Wildman–Crippen MR) is 82.2 cm³/mol. The van der Waals surface area contributed by atoms with Gasteiger partial charge in [0.2, 0.25) is 0 Å². The molecule has 1 saturated carbocycles. The van der Waals surface area contributed by atoms with Crippen LogP contribution in [0.15, 0.2) is 24.3 Å². The molecular weight excluding hydrogens is 250 g/mol. The van der Waals surface area contributed by atoms with Crippen molar-refractivity contribution in [3.05, 3.63) is 29.8 Å². The fourth-order valence-electron chi connectivity index (χ4n) is 2.95. The number of rotatable bonds is 6. The van der Waals surface area contributed by atoms with Crippen LogP contribution in [-0.4, -0.2) is 26.9 Å². The van der Waals surface area contributed by atoms with Crippen LogP contribution in [0.1, 0.15) is 44.2 Å². The summed E-state index contributed by atoms with van der Waals surface area (Å²) in [5.41, 5.74) is 1.22. The van der Waals surface area contributed by atoms with Crippen molar-refractivity contribution < 1.29 is 9.47 Å². The molecule has 0 saturated heterocycles. The highest BCUT2D eigenvalue weighted by molar-refractivity contribution is 5.30. The highest BCUT2D eigenvalue weighted by atomic mass is 16.5. The highest BCUT2D eigenvalue weighted by Gasteiger charge is 2.23. The van der Waals surface area contributed by atoms with Crippen molar-refractivity contribution >= 4 is 0 Å². The smallest absolute Gasteiger partial charge is 0.119 e. The average Bonchev–Trinajstić information content (AvgIpc) is 2.50. The third kappa shape index (κ3) is 3.97. The van der Waals surface area contributed by atoms with Gasteiger partial charge in [-0.05, 0) is 43.5 Å². The van der Waals surface area contributed by atoms with Crippen LogP contribution in [0, 0.1) is 5.92 Å². The fourth-order valence-corrected chi connectivity index (χ4v) is 2.95. The van der Waals surface area contributed by atoms with Crippen molar-refractivity contribution in [3.8, 4) is 5.75 Å². The number of hydrogen-bond donors (Lipinski definition) is 1. The first-order chi connectivity index (χ1) is 9.74. The maximum absolute atomic E-state index is 6.17. The molecule has 1 N–H and O–H groups in total. The van der Waals surface area contributed by atoms with Crippen molar-refractivity contribution in [2.45, 2.75) is 44.8 Å². The summed E-state index contributed by atoms with van der Waals surface area (Å²) in [6, 6.07) is 8.42. The van der Waals surface area contributed by atoms with E-state index in [4.69, 9.17) is 9.47 Å². The number of ether oxygens (including phenoxy) is 2. The number of hydrogen-bond acceptors (Lipinski definition) is 3. The quantitative estimate of drug-likeness (QED) is 0.862. The van der Waals surface area contributed by atoms with Crippen LogP contribution in [0.2, 0.25) is 0 Å². The van der Waals surface area contributed by atoms with Crippen LogP contribution in [0.5, 0.6) is 5.75 Å². The van der Waals surface area contributed by atoms with Crippen LogP contribution in [0.4, 0.5) is 0 Å². The Hall–Kier alpha value is -1.06. The summed E-state index contributed by atoms with van der Waals surface area (Å²) < 4.78 is 11.5. The minimum absolute atomic E-state index is 0.222. The zero-order chi connectivity index (χ0) is 14.4. The van der Waals surface area contributed by atoms with Crippen LogP contribution < -0.4 is 10.1 Å². The first-order valence-corrected chi connectivity index (χ1v) is 7.67.